The first-order valence-electron chi connectivity index (χ1n) is 8.31. The van der Waals surface area contributed by atoms with Gasteiger partial charge in [-0.05, 0) is 56.5 Å². The highest BCUT2D eigenvalue weighted by Crippen LogP contribution is 2.33. The predicted octanol–water partition coefficient (Wildman–Crippen LogP) is 2.88. The number of nitrogens with zero attached hydrogens (tertiary/aromatic N) is 1. The van der Waals surface area contributed by atoms with Crippen LogP contribution in [0.2, 0.25) is 10.0 Å². The summed E-state index contributed by atoms with van der Waals surface area (Å²) in [7, 11) is 0. The summed E-state index contributed by atoms with van der Waals surface area (Å²) < 4.78 is 0. The lowest BCUT2D eigenvalue weighted by Gasteiger charge is -2.18. The van der Waals surface area contributed by atoms with Gasteiger partial charge >= 0.3 is 0 Å². The number of carbonyl (C=O) groups excluding carboxylic acids is 2. The third-order valence-electron chi connectivity index (χ3n) is 4.74. The van der Waals surface area contributed by atoms with Gasteiger partial charge in [-0.3, -0.25) is 9.59 Å². The number of anilines is 1. The second-order valence-corrected chi connectivity index (χ2v) is 7.21. The van der Waals surface area contributed by atoms with Crippen molar-refractivity contribution in [2.45, 2.75) is 19.3 Å². The van der Waals surface area contributed by atoms with Crippen LogP contribution in [-0.4, -0.2) is 38.0 Å². The summed E-state index contributed by atoms with van der Waals surface area (Å²) in [6, 6.07) is 5.00. The van der Waals surface area contributed by atoms with Crippen molar-refractivity contribution >= 4 is 53.1 Å². The average Bonchev–Trinajstić information content (AvgIpc) is 3.19. The molecule has 0 spiro atoms. The smallest absolute Gasteiger partial charge is 0.239 e. The first-order valence-corrected chi connectivity index (χ1v) is 9.06. The van der Waals surface area contributed by atoms with Crippen LogP contribution in [0.5, 0.6) is 0 Å². The molecule has 0 aromatic heterocycles. The Bertz CT molecular complexity index is 636. The molecule has 2 fully saturated rings. The molecule has 5 nitrogen and oxygen atoms in total. The van der Waals surface area contributed by atoms with E-state index in [4.69, 9.17) is 23.2 Å². The van der Waals surface area contributed by atoms with Crippen molar-refractivity contribution in [3.05, 3.63) is 28.2 Å². The fraction of sp³-hybridized carbons (Fsp3) is 0.529. The van der Waals surface area contributed by atoms with Crippen LogP contribution >= 0.6 is 35.6 Å². The van der Waals surface area contributed by atoms with Crippen LogP contribution in [0.1, 0.15) is 19.3 Å². The number of benzene rings is 1. The third kappa shape index (κ3) is 4.79. The maximum absolute atomic E-state index is 12.6. The van der Waals surface area contributed by atoms with Gasteiger partial charge in [0.05, 0.1) is 10.7 Å². The summed E-state index contributed by atoms with van der Waals surface area (Å²) in [5.41, 5.74) is 0.571. The summed E-state index contributed by atoms with van der Waals surface area (Å²) >= 11 is 12.2. The topological polar surface area (TPSA) is 61.4 Å². The lowest BCUT2D eigenvalue weighted by Crippen LogP contribution is -2.37. The number of carbonyl (C=O) groups is 2. The number of rotatable bonds is 5. The minimum atomic E-state index is -0.637. The molecular formula is C17H22Cl3N3O2. The van der Waals surface area contributed by atoms with Gasteiger partial charge in [0.1, 0.15) is 5.92 Å². The van der Waals surface area contributed by atoms with Crippen LogP contribution in [0.25, 0.3) is 0 Å². The molecule has 0 aliphatic carbocycles. The largest absolute Gasteiger partial charge is 0.355 e. The number of nitrogens with one attached hydrogen (secondary N) is 2. The number of hydrogen-bond acceptors (Lipinski definition) is 3. The number of hydrogen-bond donors (Lipinski definition) is 2. The second-order valence-electron chi connectivity index (χ2n) is 6.37. The van der Waals surface area contributed by atoms with Crippen LogP contribution in [0.15, 0.2) is 18.2 Å². The summed E-state index contributed by atoms with van der Waals surface area (Å²) in [5.74, 6) is -0.418. The van der Waals surface area contributed by atoms with Gasteiger partial charge in [0.2, 0.25) is 11.8 Å². The van der Waals surface area contributed by atoms with Crippen molar-refractivity contribution in [1.29, 1.82) is 0 Å². The summed E-state index contributed by atoms with van der Waals surface area (Å²) in [6.07, 6.45) is 2.60. The zero-order chi connectivity index (χ0) is 17.1. The van der Waals surface area contributed by atoms with Crippen molar-refractivity contribution in [3.63, 3.8) is 0 Å². The van der Waals surface area contributed by atoms with Gasteiger partial charge in [0.15, 0.2) is 0 Å². The van der Waals surface area contributed by atoms with Gasteiger partial charge in [-0.25, -0.2) is 0 Å². The number of halogens is 3. The van der Waals surface area contributed by atoms with E-state index >= 15 is 0 Å². The molecule has 2 aliphatic heterocycles. The molecule has 25 heavy (non-hydrogen) atoms. The van der Waals surface area contributed by atoms with Crippen LogP contribution in [-0.2, 0) is 9.59 Å². The van der Waals surface area contributed by atoms with Crippen LogP contribution in [0.3, 0.4) is 0 Å². The molecule has 1 aromatic carbocycles. The molecule has 2 atom stereocenters. The molecule has 2 saturated heterocycles. The van der Waals surface area contributed by atoms with Crippen molar-refractivity contribution < 1.29 is 9.59 Å². The summed E-state index contributed by atoms with van der Waals surface area (Å²) in [5, 5.41) is 7.19. The SMILES string of the molecule is Cl.O=C(NCCC1CCNC1)C1CCN(c2cc(Cl)ccc2Cl)C1=O. The molecule has 0 radical (unpaired) electrons. The Labute approximate surface area is 163 Å². The summed E-state index contributed by atoms with van der Waals surface area (Å²) in [6.45, 7) is 3.16. The zero-order valence-corrected chi connectivity index (χ0v) is 16.1. The van der Waals surface area contributed by atoms with E-state index in [0.29, 0.717) is 41.2 Å². The highest BCUT2D eigenvalue weighted by molar-refractivity contribution is 6.36. The third-order valence-corrected chi connectivity index (χ3v) is 5.29. The molecule has 2 N–H and O–H groups in total. The monoisotopic (exact) mass is 405 g/mol. The molecule has 0 saturated carbocycles. The zero-order valence-electron chi connectivity index (χ0n) is 13.8. The van der Waals surface area contributed by atoms with E-state index < -0.39 is 5.92 Å². The Hall–Kier alpha value is -1.01. The summed E-state index contributed by atoms with van der Waals surface area (Å²) in [4.78, 5) is 26.5. The quantitative estimate of drug-likeness (QED) is 0.739. The molecule has 1 aromatic rings. The highest BCUT2D eigenvalue weighted by atomic mass is 35.5. The molecular weight excluding hydrogens is 385 g/mol. The molecule has 2 unspecified atom stereocenters. The molecule has 3 rings (SSSR count). The first-order chi connectivity index (χ1) is 11.6. The maximum Gasteiger partial charge on any atom is 0.239 e. The van der Waals surface area contributed by atoms with Crippen molar-refractivity contribution in [3.8, 4) is 0 Å². The molecule has 2 aliphatic rings. The van der Waals surface area contributed by atoms with Crippen molar-refractivity contribution in [2.75, 3.05) is 31.1 Å². The molecule has 2 heterocycles. The van der Waals surface area contributed by atoms with Gasteiger partial charge in [-0.15, -0.1) is 12.4 Å². The van der Waals surface area contributed by atoms with E-state index in [0.717, 1.165) is 25.9 Å². The second kappa shape index (κ2) is 9.08. The van der Waals surface area contributed by atoms with Gasteiger partial charge in [0, 0.05) is 18.1 Å². The van der Waals surface area contributed by atoms with E-state index in [2.05, 4.69) is 10.6 Å². The fourth-order valence-electron chi connectivity index (χ4n) is 3.34. The Morgan fingerprint density at radius 2 is 2.12 bits per heavy atom. The van der Waals surface area contributed by atoms with Crippen LogP contribution in [0, 0.1) is 11.8 Å². The van der Waals surface area contributed by atoms with Crippen LogP contribution in [0.4, 0.5) is 5.69 Å². The van der Waals surface area contributed by atoms with Gasteiger partial charge in [-0.1, -0.05) is 23.2 Å². The highest BCUT2D eigenvalue weighted by Gasteiger charge is 2.38. The normalized spacial score (nSPS) is 22.8. The average molecular weight is 407 g/mol. The van der Waals surface area contributed by atoms with Gasteiger partial charge in [0.25, 0.3) is 0 Å². The Morgan fingerprint density at radius 3 is 2.84 bits per heavy atom. The van der Waals surface area contributed by atoms with E-state index in [1.165, 1.54) is 0 Å². The molecule has 8 heteroatoms. The van der Waals surface area contributed by atoms with E-state index in [-0.39, 0.29) is 24.2 Å². The maximum atomic E-state index is 12.6. The van der Waals surface area contributed by atoms with Gasteiger partial charge < -0.3 is 15.5 Å². The Kier molecular flexibility index (Phi) is 7.37. The van der Waals surface area contributed by atoms with E-state index in [9.17, 15) is 9.59 Å². The molecule has 138 valence electrons. The lowest BCUT2D eigenvalue weighted by atomic mass is 10.0. The van der Waals surface area contributed by atoms with Crippen molar-refractivity contribution in [2.24, 2.45) is 11.8 Å². The first kappa shape index (κ1) is 20.3. The standard InChI is InChI=1S/C17H21Cl2N3O2.ClH/c18-12-1-2-14(19)15(9-12)22-8-5-13(17(22)24)16(23)21-7-4-11-3-6-20-10-11;/h1-2,9,11,13,20H,3-8,10H2,(H,21,23);1H. The Balaban J connectivity index is 0.00000225. The molecule has 0 bridgehead atoms. The molecule has 2 amide bonds. The fourth-order valence-corrected chi connectivity index (χ4v) is 3.72. The minimum absolute atomic E-state index is 0. The van der Waals surface area contributed by atoms with E-state index in [1.54, 1.807) is 23.1 Å². The van der Waals surface area contributed by atoms with Crippen molar-refractivity contribution in [1.82, 2.24) is 10.6 Å². The van der Waals surface area contributed by atoms with Gasteiger partial charge in [-0.2, -0.15) is 0 Å². The van der Waals surface area contributed by atoms with E-state index in [1.807, 2.05) is 0 Å². The minimum Gasteiger partial charge on any atom is -0.355 e. The number of amides is 2. The lowest BCUT2D eigenvalue weighted by molar-refractivity contribution is -0.132. The predicted molar refractivity (Wildman–Crippen MR) is 103 cm³/mol. The Morgan fingerprint density at radius 1 is 1.32 bits per heavy atom. The van der Waals surface area contributed by atoms with Crippen LogP contribution < -0.4 is 15.5 Å².